The van der Waals surface area contributed by atoms with E-state index in [-0.39, 0.29) is 0 Å². The van der Waals surface area contributed by atoms with Gasteiger partial charge in [0.2, 0.25) is 0 Å². The second-order valence-corrected chi connectivity index (χ2v) is 8.88. The molecule has 0 aromatic rings. The van der Waals surface area contributed by atoms with Crippen molar-refractivity contribution in [1.29, 1.82) is 0 Å². The molecule has 9 heavy (non-hydrogen) atoms. The van der Waals surface area contributed by atoms with E-state index in [2.05, 4.69) is 32.2 Å². The smallest absolute Gasteiger partial charge is 0.0676 e. The van der Waals surface area contributed by atoms with E-state index in [9.17, 15) is 0 Å². The minimum atomic E-state index is -1.02. The third-order valence-electron chi connectivity index (χ3n) is 1.27. The molecule has 0 unspecified atom stereocenters. The molecule has 0 radical (unpaired) electrons. The van der Waals surface area contributed by atoms with Crippen LogP contribution in [-0.2, 0) is 0 Å². The molecule has 0 aliphatic heterocycles. The van der Waals surface area contributed by atoms with Crippen LogP contribution in [0, 0.1) is 0 Å². The lowest BCUT2D eigenvalue weighted by Gasteiger charge is -2.15. The van der Waals surface area contributed by atoms with Gasteiger partial charge in [0.25, 0.3) is 0 Å². The summed E-state index contributed by atoms with van der Waals surface area (Å²) in [6.45, 7) is 6.67. The third kappa shape index (κ3) is 4.73. The molecule has 0 nitrogen and oxygen atoms in total. The average molecular weight is 163 g/mol. The van der Waals surface area contributed by atoms with E-state index in [1.165, 1.54) is 6.04 Å². The van der Waals surface area contributed by atoms with Gasteiger partial charge in [0.05, 0.1) is 8.07 Å². The van der Waals surface area contributed by atoms with Gasteiger partial charge < -0.3 is 0 Å². The van der Waals surface area contributed by atoms with Crippen LogP contribution in [0.2, 0.25) is 19.1 Å². The average Bonchev–Trinajstić information content (AvgIpc) is 1.84. The Morgan fingerprint density at radius 2 is 2.00 bits per heavy atom. The van der Waals surface area contributed by atoms with Gasteiger partial charge in [-0.05, 0) is 13.0 Å². The molecule has 0 saturated heterocycles. The number of hydrogen-bond acceptors (Lipinski definition) is 0. The Balaban J connectivity index is 3.58. The van der Waals surface area contributed by atoms with Crippen molar-refractivity contribution in [2.75, 3.05) is 5.50 Å². The summed E-state index contributed by atoms with van der Waals surface area (Å²) in [6, 6.07) is 1.22. The maximum absolute atomic E-state index is 5.76. The second-order valence-electron chi connectivity index (χ2n) is 3.07. The maximum atomic E-state index is 5.76. The van der Waals surface area contributed by atoms with Gasteiger partial charge in [-0.3, -0.25) is 0 Å². The standard InChI is InChI=1S/C7H15ClSi/c1-4-5-6-9(2,3)7-8/h4-5H,6-7H2,1-3H3/b5-4-. The Bertz CT molecular complexity index is 97.1. The number of halogens is 1. The highest BCUT2D eigenvalue weighted by Crippen LogP contribution is 2.10. The van der Waals surface area contributed by atoms with Crippen molar-refractivity contribution in [2.24, 2.45) is 0 Å². The van der Waals surface area contributed by atoms with Crippen LogP contribution in [0.1, 0.15) is 6.92 Å². The highest BCUT2D eigenvalue weighted by atomic mass is 35.5. The molecule has 0 aliphatic carbocycles. The predicted molar refractivity (Wildman–Crippen MR) is 47.8 cm³/mol. The quantitative estimate of drug-likeness (QED) is 0.340. The summed E-state index contributed by atoms with van der Waals surface area (Å²) >= 11 is 5.76. The number of rotatable bonds is 3. The molecule has 54 valence electrons. The zero-order valence-electron chi connectivity index (χ0n) is 6.45. The van der Waals surface area contributed by atoms with Gasteiger partial charge in [-0.2, -0.15) is 0 Å². The Kier molecular flexibility index (Phi) is 4.24. The normalized spacial score (nSPS) is 12.9. The van der Waals surface area contributed by atoms with E-state index in [0.29, 0.717) is 0 Å². The van der Waals surface area contributed by atoms with E-state index in [1.807, 2.05) is 0 Å². The summed E-state index contributed by atoms with van der Waals surface area (Å²) in [4.78, 5) is 0. The zero-order chi connectivity index (χ0) is 7.33. The highest BCUT2D eigenvalue weighted by molar-refractivity contribution is 6.83. The van der Waals surface area contributed by atoms with Crippen molar-refractivity contribution in [3.63, 3.8) is 0 Å². The van der Waals surface area contributed by atoms with E-state index >= 15 is 0 Å². The SMILES string of the molecule is C/C=C\C[Si](C)(C)CCl. The Morgan fingerprint density at radius 1 is 1.44 bits per heavy atom. The fraction of sp³-hybridized carbons (Fsp3) is 0.714. The van der Waals surface area contributed by atoms with Crippen LogP contribution in [0.5, 0.6) is 0 Å². The van der Waals surface area contributed by atoms with Gasteiger partial charge >= 0.3 is 0 Å². The lowest BCUT2D eigenvalue weighted by molar-refractivity contribution is 1.47. The summed E-state index contributed by atoms with van der Waals surface area (Å²) < 4.78 is 0. The first kappa shape index (κ1) is 9.25. The molecule has 0 spiro atoms. The molecular formula is C7H15ClSi. The summed E-state index contributed by atoms with van der Waals surface area (Å²) in [6.07, 6.45) is 4.32. The van der Waals surface area contributed by atoms with Gasteiger partial charge in [-0.25, -0.2) is 0 Å². The van der Waals surface area contributed by atoms with Gasteiger partial charge in [-0.15, -0.1) is 11.6 Å². The zero-order valence-corrected chi connectivity index (χ0v) is 8.20. The molecule has 0 fully saturated rings. The molecule has 0 aromatic heterocycles. The molecule has 0 rings (SSSR count). The molecule has 0 aromatic carbocycles. The minimum absolute atomic E-state index is 0.872. The molecule has 0 N–H and O–H groups in total. The van der Waals surface area contributed by atoms with Gasteiger partial charge in [-0.1, -0.05) is 25.2 Å². The van der Waals surface area contributed by atoms with Crippen molar-refractivity contribution >= 4 is 19.7 Å². The van der Waals surface area contributed by atoms with Gasteiger partial charge in [0.15, 0.2) is 0 Å². The fourth-order valence-corrected chi connectivity index (χ4v) is 1.80. The summed E-state index contributed by atoms with van der Waals surface area (Å²) in [5, 5.41) is 0. The Morgan fingerprint density at radius 3 is 2.33 bits per heavy atom. The lowest BCUT2D eigenvalue weighted by Crippen LogP contribution is -2.26. The van der Waals surface area contributed by atoms with Crippen molar-refractivity contribution < 1.29 is 0 Å². The number of alkyl halides is 1. The predicted octanol–water partition coefficient (Wildman–Crippen LogP) is 3.05. The van der Waals surface area contributed by atoms with E-state index in [4.69, 9.17) is 11.6 Å². The Hall–Kier alpha value is 0.247. The van der Waals surface area contributed by atoms with Crippen molar-refractivity contribution in [2.45, 2.75) is 26.1 Å². The second kappa shape index (κ2) is 4.12. The molecule has 0 saturated carbocycles. The Labute approximate surface area is 63.9 Å². The highest BCUT2D eigenvalue weighted by Gasteiger charge is 2.16. The first-order valence-electron chi connectivity index (χ1n) is 3.29. The summed E-state index contributed by atoms with van der Waals surface area (Å²) in [5.41, 5.74) is 0.872. The van der Waals surface area contributed by atoms with Crippen LogP contribution in [-0.4, -0.2) is 13.6 Å². The number of allylic oxidation sites excluding steroid dienone is 2. The third-order valence-corrected chi connectivity index (χ3v) is 5.50. The van der Waals surface area contributed by atoms with Crippen LogP contribution >= 0.6 is 11.6 Å². The maximum Gasteiger partial charge on any atom is 0.0676 e. The molecule has 0 heterocycles. The van der Waals surface area contributed by atoms with Crippen LogP contribution in [0.3, 0.4) is 0 Å². The number of hydrogen-bond donors (Lipinski definition) is 0. The molecule has 0 atom stereocenters. The molecule has 0 aliphatic rings. The van der Waals surface area contributed by atoms with E-state index < -0.39 is 8.07 Å². The van der Waals surface area contributed by atoms with Crippen LogP contribution in [0.25, 0.3) is 0 Å². The minimum Gasteiger partial charge on any atom is -0.130 e. The van der Waals surface area contributed by atoms with E-state index in [0.717, 1.165) is 5.50 Å². The first-order valence-corrected chi connectivity index (χ1v) is 7.24. The summed E-state index contributed by atoms with van der Waals surface area (Å²) in [7, 11) is -1.02. The molecule has 0 amide bonds. The molecule has 0 bridgehead atoms. The topological polar surface area (TPSA) is 0 Å². The fourth-order valence-electron chi connectivity index (χ4n) is 0.491. The van der Waals surface area contributed by atoms with Crippen molar-refractivity contribution in [1.82, 2.24) is 0 Å². The van der Waals surface area contributed by atoms with Crippen LogP contribution in [0.4, 0.5) is 0 Å². The van der Waals surface area contributed by atoms with Gasteiger partial charge in [0.1, 0.15) is 0 Å². The van der Waals surface area contributed by atoms with Crippen molar-refractivity contribution in [3.8, 4) is 0 Å². The van der Waals surface area contributed by atoms with Crippen LogP contribution in [0.15, 0.2) is 12.2 Å². The monoisotopic (exact) mass is 162 g/mol. The summed E-state index contributed by atoms with van der Waals surface area (Å²) in [5.74, 6) is 0. The van der Waals surface area contributed by atoms with Crippen molar-refractivity contribution in [3.05, 3.63) is 12.2 Å². The lowest BCUT2D eigenvalue weighted by atomic mass is 10.6. The largest absolute Gasteiger partial charge is 0.130 e. The van der Waals surface area contributed by atoms with E-state index in [1.54, 1.807) is 0 Å². The van der Waals surface area contributed by atoms with Gasteiger partial charge in [0, 0.05) is 5.50 Å². The molecular weight excluding hydrogens is 148 g/mol. The first-order chi connectivity index (χ1) is 4.12. The van der Waals surface area contributed by atoms with Crippen LogP contribution < -0.4 is 0 Å². The molecule has 2 heteroatoms.